The molecule has 0 aliphatic heterocycles. The first-order valence-corrected chi connectivity index (χ1v) is 7.99. The molecule has 0 saturated carbocycles. The van der Waals surface area contributed by atoms with Crippen LogP contribution in [0.15, 0.2) is 47.3 Å². The molecule has 2 N–H and O–H groups in total. The number of aromatic nitrogens is 1. The van der Waals surface area contributed by atoms with Crippen LogP contribution in [0, 0.1) is 13.8 Å². The molecule has 0 bridgehead atoms. The number of H-pyrrole nitrogens is 1. The number of rotatable bonds is 3. The van der Waals surface area contributed by atoms with Gasteiger partial charge in [-0.1, -0.05) is 29.3 Å². The van der Waals surface area contributed by atoms with E-state index in [2.05, 4.69) is 10.3 Å². The molecule has 0 saturated heterocycles. The van der Waals surface area contributed by atoms with E-state index in [0.717, 1.165) is 22.0 Å². The quantitative estimate of drug-likeness (QED) is 0.763. The van der Waals surface area contributed by atoms with Crippen molar-refractivity contribution in [3.63, 3.8) is 0 Å². The Balaban J connectivity index is 1.86. The number of pyridine rings is 1. The predicted molar refractivity (Wildman–Crippen MR) is 96.7 cm³/mol. The molecule has 0 aliphatic rings. The van der Waals surface area contributed by atoms with E-state index in [9.17, 15) is 9.59 Å². The van der Waals surface area contributed by atoms with Crippen molar-refractivity contribution >= 4 is 28.4 Å². The maximum atomic E-state index is 12.2. The fourth-order valence-electron chi connectivity index (χ4n) is 2.77. The van der Waals surface area contributed by atoms with Crippen LogP contribution >= 0.6 is 11.6 Å². The average molecular weight is 341 g/mol. The molecule has 1 aromatic heterocycles. The number of hydrogen-bond donors (Lipinski definition) is 2. The molecule has 1 amide bonds. The molecule has 3 rings (SSSR count). The first kappa shape index (κ1) is 16.3. The van der Waals surface area contributed by atoms with Crippen LogP contribution in [-0.2, 0) is 6.54 Å². The number of fused-ring (bicyclic) bond motifs is 1. The summed E-state index contributed by atoms with van der Waals surface area (Å²) in [5, 5.41) is 4.21. The number of carbonyl (C=O) groups excluding carboxylic acids is 1. The first-order valence-electron chi connectivity index (χ1n) is 7.61. The van der Waals surface area contributed by atoms with Crippen molar-refractivity contribution in [1.29, 1.82) is 0 Å². The van der Waals surface area contributed by atoms with E-state index >= 15 is 0 Å². The Morgan fingerprint density at radius 2 is 1.96 bits per heavy atom. The maximum Gasteiger partial charge on any atom is 0.253 e. The summed E-state index contributed by atoms with van der Waals surface area (Å²) in [6.07, 6.45) is 0. The van der Waals surface area contributed by atoms with E-state index in [-0.39, 0.29) is 18.0 Å². The number of amides is 1. The number of hydrogen-bond acceptors (Lipinski definition) is 2. The Bertz CT molecular complexity index is 992. The van der Waals surface area contributed by atoms with Gasteiger partial charge in [-0.2, -0.15) is 0 Å². The zero-order valence-electron chi connectivity index (χ0n) is 13.4. The largest absolute Gasteiger partial charge is 0.348 e. The summed E-state index contributed by atoms with van der Waals surface area (Å²) in [5.74, 6) is -0.266. The zero-order chi connectivity index (χ0) is 17.3. The molecule has 4 nitrogen and oxygen atoms in total. The topological polar surface area (TPSA) is 62.0 Å². The molecule has 3 aromatic rings. The van der Waals surface area contributed by atoms with E-state index in [1.54, 1.807) is 24.3 Å². The van der Waals surface area contributed by atoms with Gasteiger partial charge in [-0.05, 0) is 55.1 Å². The van der Waals surface area contributed by atoms with Crippen LogP contribution in [0.5, 0.6) is 0 Å². The normalized spacial score (nSPS) is 10.8. The summed E-state index contributed by atoms with van der Waals surface area (Å²) in [6.45, 7) is 4.13. The summed E-state index contributed by atoms with van der Waals surface area (Å²) in [4.78, 5) is 27.3. The SMILES string of the molecule is Cc1cc(C)c2[nH]c(=O)c(CNC(=O)c3cccc(Cl)c3)cc2c1. The second-order valence-corrected chi connectivity index (χ2v) is 6.30. The highest BCUT2D eigenvalue weighted by molar-refractivity contribution is 6.30. The summed E-state index contributed by atoms with van der Waals surface area (Å²) < 4.78 is 0. The zero-order valence-corrected chi connectivity index (χ0v) is 14.2. The minimum atomic E-state index is -0.266. The molecule has 122 valence electrons. The molecular weight excluding hydrogens is 324 g/mol. The Kier molecular flexibility index (Phi) is 4.40. The van der Waals surface area contributed by atoms with Gasteiger partial charge in [-0.25, -0.2) is 0 Å². The number of benzene rings is 2. The summed E-state index contributed by atoms with van der Waals surface area (Å²) in [7, 11) is 0. The molecule has 1 heterocycles. The van der Waals surface area contributed by atoms with Crippen LogP contribution in [0.2, 0.25) is 5.02 Å². The van der Waals surface area contributed by atoms with Gasteiger partial charge in [0.15, 0.2) is 0 Å². The summed E-state index contributed by atoms with van der Waals surface area (Å²) >= 11 is 5.89. The van der Waals surface area contributed by atoms with Crippen molar-refractivity contribution in [3.05, 3.63) is 80.1 Å². The van der Waals surface area contributed by atoms with Crippen molar-refractivity contribution in [2.45, 2.75) is 20.4 Å². The maximum absolute atomic E-state index is 12.2. The van der Waals surface area contributed by atoms with E-state index in [1.807, 2.05) is 32.0 Å². The highest BCUT2D eigenvalue weighted by Crippen LogP contribution is 2.18. The third-order valence-electron chi connectivity index (χ3n) is 3.90. The van der Waals surface area contributed by atoms with Crippen LogP contribution in [0.25, 0.3) is 10.9 Å². The van der Waals surface area contributed by atoms with Gasteiger partial charge in [0.25, 0.3) is 11.5 Å². The molecule has 0 radical (unpaired) electrons. The molecule has 0 aliphatic carbocycles. The fourth-order valence-corrected chi connectivity index (χ4v) is 2.96. The summed E-state index contributed by atoms with van der Waals surface area (Å²) in [5.41, 5.74) is 3.77. The van der Waals surface area contributed by atoms with Crippen molar-refractivity contribution in [2.75, 3.05) is 0 Å². The second-order valence-electron chi connectivity index (χ2n) is 5.86. The fraction of sp³-hybridized carbons (Fsp3) is 0.158. The van der Waals surface area contributed by atoms with E-state index in [0.29, 0.717) is 16.1 Å². The van der Waals surface area contributed by atoms with Gasteiger partial charge in [-0.3, -0.25) is 9.59 Å². The monoisotopic (exact) mass is 340 g/mol. The minimum absolute atomic E-state index is 0.156. The van der Waals surface area contributed by atoms with Crippen LogP contribution in [0.3, 0.4) is 0 Å². The van der Waals surface area contributed by atoms with Crippen molar-refractivity contribution in [2.24, 2.45) is 0 Å². The molecule has 0 spiro atoms. The van der Waals surface area contributed by atoms with Crippen molar-refractivity contribution < 1.29 is 4.79 Å². The number of aromatic amines is 1. The Morgan fingerprint density at radius 1 is 1.17 bits per heavy atom. The van der Waals surface area contributed by atoms with Gasteiger partial charge < -0.3 is 10.3 Å². The van der Waals surface area contributed by atoms with Gasteiger partial charge >= 0.3 is 0 Å². The van der Waals surface area contributed by atoms with Crippen molar-refractivity contribution in [3.8, 4) is 0 Å². The van der Waals surface area contributed by atoms with E-state index < -0.39 is 0 Å². The number of nitrogens with one attached hydrogen (secondary N) is 2. The van der Waals surface area contributed by atoms with Gasteiger partial charge in [0, 0.05) is 22.7 Å². The van der Waals surface area contributed by atoms with Gasteiger partial charge in [0.05, 0.1) is 5.52 Å². The highest BCUT2D eigenvalue weighted by atomic mass is 35.5. The number of halogens is 1. The van der Waals surface area contributed by atoms with E-state index in [1.165, 1.54) is 0 Å². The Morgan fingerprint density at radius 3 is 2.71 bits per heavy atom. The number of aryl methyl sites for hydroxylation is 2. The van der Waals surface area contributed by atoms with Gasteiger partial charge in [-0.15, -0.1) is 0 Å². The third-order valence-corrected chi connectivity index (χ3v) is 4.13. The molecule has 24 heavy (non-hydrogen) atoms. The molecule has 0 fully saturated rings. The second kappa shape index (κ2) is 6.49. The molecule has 0 unspecified atom stereocenters. The lowest BCUT2D eigenvalue weighted by Gasteiger charge is -2.08. The van der Waals surface area contributed by atoms with Crippen molar-refractivity contribution in [1.82, 2.24) is 10.3 Å². The standard InChI is InChI=1S/C19H17ClN2O2/c1-11-6-12(2)17-14(7-11)8-15(19(24)22-17)10-21-18(23)13-4-3-5-16(20)9-13/h3-9H,10H2,1-2H3,(H,21,23)(H,22,24). The lowest BCUT2D eigenvalue weighted by molar-refractivity contribution is 0.0951. The molecular formula is C19H17ClN2O2. The van der Waals surface area contributed by atoms with Crippen LogP contribution in [-0.4, -0.2) is 10.9 Å². The lowest BCUT2D eigenvalue weighted by atomic mass is 10.1. The third kappa shape index (κ3) is 3.34. The van der Waals surface area contributed by atoms with Crippen LogP contribution in [0.4, 0.5) is 0 Å². The lowest BCUT2D eigenvalue weighted by Crippen LogP contribution is -2.26. The highest BCUT2D eigenvalue weighted by Gasteiger charge is 2.09. The molecule has 2 aromatic carbocycles. The smallest absolute Gasteiger partial charge is 0.253 e. The minimum Gasteiger partial charge on any atom is -0.348 e. The average Bonchev–Trinajstić information content (AvgIpc) is 2.53. The van der Waals surface area contributed by atoms with Gasteiger partial charge in [0.2, 0.25) is 0 Å². The van der Waals surface area contributed by atoms with Crippen LogP contribution in [0.1, 0.15) is 27.0 Å². The van der Waals surface area contributed by atoms with Gasteiger partial charge in [0.1, 0.15) is 0 Å². The predicted octanol–water partition coefficient (Wildman–Crippen LogP) is 3.73. The number of carbonyl (C=O) groups is 1. The van der Waals surface area contributed by atoms with E-state index in [4.69, 9.17) is 11.6 Å². The van der Waals surface area contributed by atoms with Crippen LogP contribution < -0.4 is 10.9 Å². The Hall–Kier alpha value is -2.59. The molecule has 5 heteroatoms. The summed E-state index contributed by atoms with van der Waals surface area (Å²) in [6, 6.07) is 12.6. The Labute approximate surface area is 144 Å². The molecule has 0 atom stereocenters. The first-order chi connectivity index (χ1) is 11.4.